The first-order valence-corrected chi connectivity index (χ1v) is 17.5. The highest BCUT2D eigenvalue weighted by Crippen LogP contribution is 2.36. The molecule has 234 valence electrons. The number of thiazole rings is 1. The van der Waals surface area contributed by atoms with Crippen LogP contribution >= 0.6 is 49.9 Å². The van der Waals surface area contributed by atoms with E-state index in [4.69, 9.17) is 19.2 Å². The number of carbonyl (C=O) groups is 1. The first kappa shape index (κ1) is 32.2. The third-order valence-electron chi connectivity index (χ3n) is 7.56. The van der Waals surface area contributed by atoms with Gasteiger partial charge in [-0.15, -0.1) is 0 Å². The summed E-state index contributed by atoms with van der Waals surface area (Å²) in [6.07, 6.45) is 1.84. The van der Waals surface area contributed by atoms with Gasteiger partial charge in [0.2, 0.25) is 0 Å². The molecule has 1 aliphatic heterocycles. The van der Waals surface area contributed by atoms with Gasteiger partial charge in [-0.25, -0.2) is 9.79 Å². The Morgan fingerprint density at radius 1 is 1.02 bits per heavy atom. The molecule has 0 amide bonds. The van der Waals surface area contributed by atoms with E-state index < -0.39 is 12.0 Å². The van der Waals surface area contributed by atoms with Crippen molar-refractivity contribution in [1.29, 1.82) is 0 Å². The van der Waals surface area contributed by atoms with Crippen LogP contribution in [-0.2, 0) is 16.1 Å². The summed E-state index contributed by atoms with van der Waals surface area (Å²) in [6, 6.07) is 25.0. The van der Waals surface area contributed by atoms with Crippen LogP contribution in [0.15, 0.2) is 104 Å². The minimum Gasteiger partial charge on any atom is -0.490 e. The molecule has 7 nitrogen and oxygen atoms in total. The van der Waals surface area contributed by atoms with E-state index in [0.717, 1.165) is 35.5 Å². The average Bonchev–Trinajstić information content (AvgIpc) is 3.34. The predicted molar refractivity (Wildman–Crippen MR) is 193 cm³/mol. The van der Waals surface area contributed by atoms with Gasteiger partial charge in [-0.05, 0) is 101 Å². The SMILES string of the molecule is CCOC(=O)C1=C(C)N=c2s/c(=C/c3cc(I)c(OCc4ccc(Br)cc4)c(OCC)c3)c(=O)n2[C@@H]1c1cccc2ccccc12. The lowest BCUT2D eigenvalue weighted by atomic mass is 9.91. The first-order valence-electron chi connectivity index (χ1n) is 14.8. The fourth-order valence-electron chi connectivity index (χ4n) is 5.54. The molecular weight excluding hydrogens is 779 g/mol. The Kier molecular flexibility index (Phi) is 9.76. The molecule has 0 bridgehead atoms. The molecule has 0 N–H and O–H groups in total. The summed E-state index contributed by atoms with van der Waals surface area (Å²) >= 11 is 7.00. The summed E-state index contributed by atoms with van der Waals surface area (Å²) < 4.78 is 21.7. The van der Waals surface area contributed by atoms with Gasteiger partial charge in [0.05, 0.1) is 38.6 Å². The molecule has 0 fully saturated rings. The van der Waals surface area contributed by atoms with Crippen molar-refractivity contribution in [2.24, 2.45) is 4.99 Å². The normalized spacial score (nSPS) is 14.6. The number of benzene rings is 4. The fourth-order valence-corrected chi connectivity index (χ4v) is 7.63. The van der Waals surface area contributed by atoms with Crippen LogP contribution in [0.25, 0.3) is 16.8 Å². The Morgan fingerprint density at radius 2 is 1.78 bits per heavy atom. The smallest absolute Gasteiger partial charge is 0.338 e. The minimum absolute atomic E-state index is 0.214. The molecule has 0 spiro atoms. The second-order valence-corrected chi connectivity index (χ2v) is 13.6. The maximum Gasteiger partial charge on any atom is 0.338 e. The van der Waals surface area contributed by atoms with Crippen LogP contribution in [0, 0.1) is 3.57 Å². The molecule has 0 saturated heterocycles. The maximum absolute atomic E-state index is 14.3. The highest BCUT2D eigenvalue weighted by molar-refractivity contribution is 14.1. The molecule has 2 heterocycles. The van der Waals surface area contributed by atoms with E-state index in [9.17, 15) is 9.59 Å². The number of halogens is 2. The molecule has 6 rings (SSSR count). The van der Waals surface area contributed by atoms with Crippen LogP contribution < -0.4 is 24.4 Å². The first-order chi connectivity index (χ1) is 22.3. The zero-order valence-electron chi connectivity index (χ0n) is 25.4. The number of esters is 1. The number of fused-ring (bicyclic) bond motifs is 2. The van der Waals surface area contributed by atoms with Crippen molar-refractivity contribution in [3.05, 3.63) is 135 Å². The number of allylic oxidation sites excluding steroid dienone is 1. The molecule has 10 heteroatoms. The lowest BCUT2D eigenvalue weighted by molar-refractivity contribution is -0.139. The van der Waals surface area contributed by atoms with Crippen molar-refractivity contribution >= 4 is 72.7 Å². The molecule has 1 atom stereocenters. The number of rotatable bonds is 9. The number of carbonyl (C=O) groups excluding carboxylic acids is 1. The maximum atomic E-state index is 14.3. The quantitative estimate of drug-likeness (QED) is 0.116. The minimum atomic E-state index is -0.697. The topological polar surface area (TPSA) is 79.1 Å². The highest BCUT2D eigenvalue weighted by Gasteiger charge is 2.34. The zero-order chi connectivity index (χ0) is 32.4. The lowest BCUT2D eigenvalue weighted by Crippen LogP contribution is -2.40. The van der Waals surface area contributed by atoms with Crippen molar-refractivity contribution in [2.45, 2.75) is 33.4 Å². The van der Waals surface area contributed by atoms with Crippen LogP contribution in [0.4, 0.5) is 0 Å². The number of aromatic nitrogens is 1. The van der Waals surface area contributed by atoms with Gasteiger partial charge < -0.3 is 14.2 Å². The van der Waals surface area contributed by atoms with Gasteiger partial charge in [0, 0.05) is 4.47 Å². The van der Waals surface area contributed by atoms with E-state index in [-0.39, 0.29) is 12.2 Å². The molecule has 0 radical (unpaired) electrons. The van der Waals surface area contributed by atoms with E-state index in [1.807, 2.05) is 91.9 Å². The van der Waals surface area contributed by atoms with Gasteiger partial charge in [0.15, 0.2) is 16.3 Å². The molecule has 0 saturated carbocycles. The lowest BCUT2D eigenvalue weighted by Gasteiger charge is -2.25. The molecular formula is C36H30BrIN2O5S. The number of ether oxygens (including phenoxy) is 3. The molecule has 1 aromatic heterocycles. The van der Waals surface area contributed by atoms with E-state index in [2.05, 4.69) is 38.5 Å². The summed E-state index contributed by atoms with van der Waals surface area (Å²) in [5.74, 6) is 0.764. The van der Waals surface area contributed by atoms with Crippen LogP contribution in [0.5, 0.6) is 11.5 Å². The summed E-state index contributed by atoms with van der Waals surface area (Å²) in [5, 5.41) is 1.97. The number of nitrogens with zero attached hydrogens (tertiary/aromatic N) is 2. The van der Waals surface area contributed by atoms with Crippen LogP contribution in [0.1, 0.15) is 43.5 Å². The van der Waals surface area contributed by atoms with Gasteiger partial charge in [-0.2, -0.15) is 0 Å². The van der Waals surface area contributed by atoms with E-state index in [1.165, 1.54) is 11.3 Å². The molecule has 4 aromatic carbocycles. The second-order valence-electron chi connectivity index (χ2n) is 10.5. The van der Waals surface area contributed by atoms with Crippen molar-refractivity contribution in [3.63, 3.8) is 0 Å². The van der Waals surface area contributed by atoms with E-state index in [1.54, 1.807) is 18.4 Å². The van der Waals surface area contributed by atoms with Crippen LogP contribution in [-0.4, -0.2) is 23.8 Å². The van der Waals surface area contributed by atoms with Crippen molar-refractivity contribution in [1.82, 2.24) is 4.57 Å². The standard InChI is InChI=1S/C36H30BrIN2O5S/c1-4-43-29-18-23(17-28(38)33(29)45-20-22-13-15-25(37)16-14-22)19-30-34(41)40-32(27-12-8-10-24-9-6-7-11-26(24)27)31(35(42)44-5-2)21(3)39-36(40)46-30/h6-19,32H,4-5,20H2,1-3H3/b30-19+/t32-/m1/s1. The molecule has 5 aromatic rings. The predicted octanol–water partition coefficient (Wildman–Crippen LogP) is 7.30. The van der Waals surface area contributed by atoms with Gasteiger partial charge in [0.25, 0.3) is 5.56 Å². The Hall–Kier alpha value is -3.74. The third-order valence-corrected chi connectivity index (χ3v) is 9.87. The Bertz CT molecular complexity index is 2170. The Balaban J connectivity index is 1.46. The summed E-state index contributed by atoms with van der Waals surface area (Å²) in [7, 11) is 0. The number of hydrogen-bond acceptors (Lipinski definition) is 7. The van der Waals surface area contributed by atoms with E-state index >= 15 is 0 Å². The monoisotopic (exact) mass is 808 g/mol. The van der Waals surface area contributed by atoms with Crippen molar-refractivity contribution < 1.29 is 19.0 Å². The second kappa shape index (κ2) is 13.9. The molecule has 0 aliphatic carbocycles. The van der Waals surface area contributed by atoms with Gasteiger partial charge in [0.1, 0.15) is 6.61 Å². The van der Waals surface area contributed by atoms with Gasteiger partial charge in [-0.3, -0.25) is 9.36 Å². The van der Waals surface area contributed by atoms with Gasteiger partial charge in [-0.1, -0.05) is 81.9 Å². The fraction of sp³-hybridized carbons (Fsp3) is 0.194. The average molecular weight is 810 g/mol. The summed E-state index contributed by atoms with van der Waals surface area (Å²) in [6.45, 7) is 6.55. The van der Waals surface area contributed by atoms with Crippen LogP contribution in [0.3, 0.4) is 0 Å². The number of hydrogen-bond donors (Lipinski definition) is 0. The Morgan fingerprint density at radius 3 is 2.54 bits per heavy atom. The molecule has 0 unspecified atom stereocenters. The molecule has 1 aliphatic rings. The highest BCUT2D eigenvalue weighted by atomic mass is 127. The third kappa shape index (κ3) is 6.43. The van der Waals surface area contributed by atoms with Crippen molar-refractivity contribution in [2.75, 3.05) is 13.2 Å². The summed E-state index contributed by atoms with van der Waals surface area (Å²) in [5.41, 5.74) is 3.31. The van der Waals surface area contributed by atoms with Crippen LogP contribution in [0.2, 0.25) is 0 Å². The Labute approximate surface area is 292 Å². The molecule has 46 heavy (non-hydrogen) atoms. The zero-order valence-corrected chi connectivity index (χ0v) is 29.9. The van der Waals surface area contributed by atoms with Crippen molar-refractivity contribution in [3.8, 4) is 11.5 Å². The van der Waals surface area contributed by atoms with E-state index in [0.29, 0.717) is 45.3 Å². The van der Waals surface area contributed by atoms with Gasteiger partial charge >= 0.3 is 5.97 Å². The summed E-state index contributed by atoms with van der Waals surface area (Å²) in [4.78, 5) is 32.9. The largest absolute Gasteiger partial charge is 0.490 e.